The summed E-state index contributed by atoms with van der Waals surface area (Å²) in [6.07, 6.45) is 0. The van der Waals surface area contributed by atoms with Crippen LogP contribution < -0.4 is 15.8 Å². The largest absolute Gasteiger partial charge is 0.488 e. The number of rotatable bonds is 7. The molecule has 3 aromatic rings. The second-order valence-corrected chi connectivity index (χ2v) is 6.94. The second-order valence-electron chi connectivity index (χ2n) is 5.86. The van der Waals surface area contributed by atoms with Gasteiger partial charge in [0, 0.05) is 11.1 Å². The van der Waals surface area contributed by atoms with E-state index in [-0.39, 0.29) is 12.5 Å². The summed E-state index contributed by atoms with van der Waals surface area (Å²) in [5.41, 5.74) is 7.48. The molecule has 0 aliphatic carbocycles. The molecule has 1 heterocycles. The van der Waals surface area contributed by atoms with Crippen LogP contribution in [-0.2, 0) is 11.4 Å². The molecule has 0 bridgehead atoms. The van der Waals surface area contributed by atoms with E-state index in [4.69, 9.17) is 10.5 Å². The minimum atomic E-state index is -0.585. The maximum atomic E-state index is 11.9. The quantitative estimate of drug-likeness (QED) is 0.658. The predicted molar refractivity (Wildman–Crippen MR) is 105 cm³/mol. The zero-order chi connectivity index (χ0) is 19.2. The Morgan fingerprint density at radius 3 is 2.48 bits per heavy atom. The first-order valence-corrected chi connectivity index (χ1v) is 9.15. The molecular weight excluding hydrogens is 362 g/mol. The minimum Gasteiger partial charge on any atom is -0.488 e. The van der Waals surface area contributed by atoms with Crippen molar-refractivity contribution < 1.29 is 14.3 Å². The number of carbonyl (C=O) groups excluding carboxylic acids is 2. The van der Waals surface area contributed by atoms with Gasteiger partial charge in [-0.3, -0.25) is 9.59 Å². The van der Waals surface area contributed by atoms with Gasteiger partial charge in [-0.25, -0.2) is 4.98 Å². The Hall–Kier alpha value is -3.19. The molecule has 0 aliphatic heterocycles. The Morgan fingerprint density at radius 2 is 1.81 bits per heavy atom. The highest BCUT2D eigenvalue weighted by molar-refractivity contribution is 7.15. The summed E-state index contributed by atoms with van der Waals surface area (Å²) in [7, 11) is 0. The molecule has 3 N–H and O–H groups in total. The first-order valence-electron chi connectivity index (χ1n) is 8.34. The number of ether oxygens (including phenoxy) is 1. The summed E-state index contributed by atoms with van der Waals surface area (Å²) >= 11 is 1.61. The summed E-state index contributed by atoms with van der Waals surface area (Å²) in [4.78, 5) is 28.2. The number of aryl methyl sites for hydroxylation is 1. The molecule has 3 rings (SSSR count). The van der Waals surface area contributed by atoms with E-state index in [2.05, 4.69) is 10.3 Å². The van der Waals surface area contributed by atoms with Crippen LogP contribution in [0, 0.1) is 6.92 Å². The predicted octanol–water partition coefficient (Wildman–Crippen LogP) is 2.91. The van der Waals surface area contributed by atoms with E-state index in [0.29, 0.717) is 17.9 Å². The number of nitrogens with two attached hydrogens (primary N) is 1. The highest BCUT2D eigenvalue weighted by Crippen LogP contribution is 2.28. The average molecular weight is 381 g/mol. The molecule has 1 aromatic heterocycles. The van der Waals surface area contributed by atoms with Crippen LogP contribution in [0.1, 0.15) is 20.9 Å². The van der Waals surface area contributed by atoms with Gasteiger partial charge in [-0.05, 0) is 31.2 Å². The summed E-state index contributed by atoms with van der Waals surface area (Å²) in [5.74, 6) is -0.292. The van der Waals surface area contributed by atoms with Crippen molar-refractivity contribution in [1.29, 1.82) is 0 Å². The van der Waals surface area contributed by atoms with E-state index in [1.807, 2.05) is 37.3 Å². The van der Waals surface area contributed by atoms with E-state index >= 15 is 0 Å². The fourth-order valence-corrected chi connectivity index (χ4v) is 3.37. The van der Waals surface area contributed by atoms with Gasteiger partial charge in [0.05, 0.1) is 17.1 Å². The molecule has 0 spiro atoms. The third-order valence-corrected chi connectivity index (χ3v) is 5.00. The molecule has 2 aromatic carbocycles. The smallest absolute Gasteiger partial charge is 0.251 e. The Bertz CT molecular complexity index is 937. The van der Waals surface area contributed by atoms with Gasteiger partial charge in [0.15, 0.2) is 0 Å². The molecule has 0 unspecified atom stereocenters. The van der Waals surface area contributed by atoms with Gasteiger partial charge in [0.1, 0.15) is 17.4 Å². The van der Waals surface area contributed by atoms with Crippen molar-refractivity contribution in [1.82, 2.24) is 10.3 Å². The van der Waals surface area contributed by atoms with Gasteiger partial charge in [-0.2, -0.15) is 0 Å². The van der Waals surface area contributed by atoms with Gasteiger partial charge in [-0.15, -0.1) is 11.3 Å². The number of aromatic nitrogens is 1. The number of benzene rings is 2. The van der Waals surface area contributed by atoms with Crippen LogP contribution >= 0.6 is 11.3 Å². The summed E-state index contributed by atoms with van der Waals surface area (Å²) in [6, 6.07) is 16.7. The van der Waals surface area contributed by atoms with Crippen molar-refractivity contribution in [2.75, 3.05) is 6.54 Å². The standard InChI is InChI=1S/C20H19N3O3S/c1-13-17(27-20(23-13)15-5-3-2-4-6-15)12-26-16-9-7-14(8-10-16)19(25)22-11-18(21)24/h2-10H,11-12H2,1H3,(H2,21,24)(H,22,25). The van der Waals surface area contributed by atoms with E-state index in [1.54, 1.807) is 35.6 Å². The van der Waals surface area contributed by atoms with Crippen LogP contribution in [0.25, 0.3) is 10.6 Å². The molecule has 0 aliphatic rings. The van der Waals surface area contributed by atoms with E-state index in [1.165, 1.54) is 0 Å². The van der Waals surface area contributed by atoms with Crippen molar-refractivity contribution in [2.45, 2.75) is 13.5 Å². The Balaban J connectivity index is 1.61. The number of nitrogens with zero attached hydrogens (tertiary/aromatic N) is 1. The molecule has 0 fully saturated rings. The summed E-state index contributed by atoms with van der Waals surface area (Å²) in [5, 5.41) is 3.41. The van der Waals surface area contributed by atoms with E-state index < -0.39 is 5.91 Å². The van der Waals surface area contributed by atoms with Crippen molar-refractivity contribution in [2.24, 2.45) is 5.73 Å². The van der Waals surface area contributed by atoms with Crippen LogP contribution in [-0.4, -0.2) is 23.3 Å². The highest BCUT2D eigenvalue weighted by Gasteiger charge is 2.11. The van der Waals surface area contributed by atoms with Crippen LogP contribution in [0.4, 0.5) is 0 Å². The molecule has 7 heteroatoms. The second kappa shape index (κ2) is 8.46. The highest BCUT2D eigenvalue weighted by atomic mass is 32.1. The maximum Gasteiger partial charge on any atom is 0.251 e. The lowest BCUT2D eigenvalue weighted by molar-refractivity contribution is -0.117. The van der Waals surface area contributed by atoms with Crippen molar-refractivity contribution >= 4 is 23.2 Å². The van der Waals surface area contributed by atoms with E-state index in [0.717, 1.165) is 21.1 Å². The summed E-state index contributed by atoms with van der Waals surface area (Å²) in [6.45, 7) is 2.18. The lowest BCUT2D eigenvalue weighted by atomic mass is 10.2. The molecule has 0 saturated heterocycles. The molecule has 0 atom stereocenters. The fraction of sp³-hybridized carbons (Fsp3) is 0.150. The Labute approximate surface area is 161 Å². The molecule has 0 saturated carbocycles. The lowest BCUT2D eigenvalue weighted by Crippen LogP contribution is -2.33. The number of hydrogen-bond acceptors (Lipinski definition) is 5. The van der Waals surface area contributed by atoms with Crippen molar-refractivity contribution in [3.05, 3.63) is 70.7 Å². The Morgan fingerprint density at radius 1 is 1.11 bits per heavy atom. The average Bonchev–Trinajstić information content (AvgIpc) is 3.06. The van der Waals surface area contributed by atoms with Crippen LogP contribution in [0.3, 0.4) is 0 Å². The molecule has 138 valence electrons. The number of thiazole rings is 1. The molecule has 27 heavy (non-hydrogen) atoms. The zero-order valence-corrected chi connectivity index (χ0v) is 15.6. The monoisotopic (exact) mass is 381 g/mol. The zero-order valence-electron chi connectivity index (χ0n) is 14.8. The first-order chi connectivity index (χ1) is 13.0. The van der Waals surface area contributed by atoms with Crippen LogP contribution in [0.15, 0.2) is 54.6 Å². The van der Waals surface area contributed by atoms with Gasteiger partial charge in [0.2, 0.25) is 5.91 Å². The van der Waals surface area contributed by atoms with Gasteiger partial charge in [-0.1, -0.05) is 30.3 Å². The van der Waals surface area contributed by atoms with Crippen LogP contribution in [0.2, 0.25) is 0 Å². The SMILES string of the molecule is Cc1nc(-c2ccccc2)sc1COc1ccc(C(=O)NCC(N)=O)cc1. The number of nitrogens with one attached hydrogen (secondary N) is 1. The van der Waals surface area contributed by atoms with Crippen molar-refractivity contribution in [3.8, 4) is 16.3 Å². The van der Waals surface area contributed by atoms with Gasteiger partial charge < -0.3 is 15.8 Å². The Kier molecular flexibility index (Phi) is 5.83. The maximum absolute atomic E-state index is 11.9. The third kappa shape index (κ3) is 4.92. The fourth-order valence-electron chi connectivity index (χ4n) is 2.39. The molecule has 2 amide bonds. The van der Waals surface area contributed by atoms with Crippen LogP contribution in [0.5, 0.6) is 5.75 Å². The minimum absolute atomic E-state index is 0.189. The number of hydrogen-bond donors (Lipinski definition) is 2. The normalized spacial score (nSPS) is 10.4. The first kappa shape index (κ1) is 18.6. The third-order valence-electron chi connectivity index (χ3n) is 3.82. The number of amides is 2. The van der Waals surface area contributed by atoms with E-state index in [9.17, 15) is 9.59 Å². The summed E-state index contributed by atoms with van der Waals surface area (Å²) < 4.78 is 5.82. The lowest BCUT2D eigenvalue weighted by Gasteiger charge is -2.07. The van der Waals surface area contributed by atoms with Crippen molar-refractivity contribution in [3.63, 3.8) is 0 Å². The van der Waals surface area contributed by atoms with Gasteiger partial charge in [0.25, 0.3) is 5.91 Å². The van der Waals surface area contributed by atoms with Gasteiger partial charge >= 0.3 is 0 Å². The molecular formula is C20H19N3O3S. The topological polar surface area (TPSA) is 94.3 Å². The molecule has 0 radical (unpaired) electrons. The number of carbonyl (C=O) groups is 2. The molecule has 6 nitrogen and oxygen atoms in total. The number of primary amides is 1.